The van der Waals surface area contributed by atoms with E-state index >= 15 is 0 Å². The molecule has 21 heavy (non-hydrogen) atoms. The summed E-state index contributed by atoms with van der Waals surface area (Å²) >= 11 is 12.0. The fraction of sp³-hybridized carbons (Fsp3) is 0.0714. The van der Waals surface area contributed by atoms with Crippen molar-refractivity contribution in [3.63, 3.8) is 0 Å². The SMILES string of the molecule is Cc1cc(Cl)ccc1-n1nnnc1-c1cc(N)cc(Cl)c1. The Hall–Kier alpha value is -2.11. The van der Waals surface area contributed by atoms with Crippen LogP contribution in [0.4, 0.5) is 5.69 Å². The monoisotopic (exact) mass is 319 g/mol. The molecule has 106 valence electrons. The third kappa shape index (κ3) is 2.70. The highest BCUT2D eigenvalue weighted by Crippen LogP contribution is 2.27. The van der Waals surface area contributed by atoms with Crippen LogP contribution in [-0.2, 0) is 0 Å². The van der Waals surface area contributed by atoms with E-state index in [2.05, 4.69) is 15.5 Å². The molecule has 0 saturated carbocycles. The third-order valence-electron chi connectivity index (χ3n) is 3.03. The highest BCUT2D eigenvalue weighted by atomic mass is 35.5. The van der Waals surface area contributed by atoms with Crippen molar-refractivity contribution in [1.82, 2.24) is 20.2 Å². The van der Waals surface area contributed by atoms with Gasteiger partial charge in [-0.1, -0.05) is 23.2 Å². The first-order chi connectivity index (χ1) is 10.0. The average Bonchev–Trinajstić information content (AvgIpc) is 2.86. The molecule has 0 aliphatic heterocycles. The van der Waals surface area contributed by atoms with E-state index in [1.165, 1.54) is 0 Å². The molecule has 0 amide bonds. The van der Waals surface area contributed by atoms with Gasteiger partial charge in [-0.3, -0.25) is 0 Å². The zero-order chi connectivity index (χ0) is 15.0. The summed E-state index contributed by atoms with van der Waals surface area (Å²) in [5, 5.41) is 13.0. The highest BCUT2D eigenvalue weighted by molar-refractivity contribution is 6.31. The molecule has 2 aromatic carbocycles. The molecule has 0 fully saturated rings. The van der Waals surface area contributed by atoms with Gasteiger partial charge in [-0.05, 0) is 59.3 Å². The van der Waals surface area contributed by atoms with Crippen LogP contribution in [0.5, 0.6) is 0 Å². The lowest BCUT2D eigenvalue weighted by atomic mass is 10.1. The smallest absolute Gasteiger partial charge is 0.187 e. The van der Waals surface area contributed by atoms with Gasteiger partial charge in [0.15, 0.2) is 5.82 Å². The number of nitrogens with zero attached hydrogens (tertiary/aromatic N) is 4. The Labute approximate surface area is 131 Å². The highest BCUT2D eigenvalue weighted by Gasteiger charge is 2.13. The van der Waals surface area contributed by atoms with Crippen LogP contribution in [0.15, 0.2) is 36.4 Å². The summed E-state index contributed by atoms with van der Waals surface area (Å²) in [6.45, 7) is 1.94. The van der Waals surface area contributed by atoms with Gasteiger partial charge in [0, 0.05) is 21.3 Å². The van der Waals surface area contributed by atoms with Crippen LogP contribution in [0.2, 0.25) is 10.0 Å². The molecule has 0 aliphatic rings. The van der Waals surface area contributed by atoms with Gasteiger partial charge in [-0.2, -0.15) is 4.68 Å². The molecule has 1 aromatic heterocycles. The normalized spacial score (nSPS) is 10.8. The van der Waals surface area contributed by atoms with Gasteiger partial charge in [0.1, 0.15) is 0 Å². The van der Waals surface area contributed by atoms with E-state index in [1.807, 2.05) is 19.1 Å². The molecule has 3 rings (SSSR count). The molecule has 7 heteroatoms. The number of tetrazole rings is 1. The van der Waals surface area contributed by atoms with Crippen molar-refractivity contribution in [2.75, 3.05) is 5.73 Å². The third-order valence-corrected chi connectivity index (χ3v) is 3.49. The van der Waals surface area contributed by atoms with Crippen LogP contribution in [0.1, 0.15) is 5.56 Å². The molecular weight excluding hydrogens is 309 g/mol. The van der Waals surface area contributed by atoms with Gasteiger partial charge in [0.05, 0.1) is 5.69 Å². The Bertz CT molecular complexity index is 793. The van der Waals surface area contributed by atoms with Crippen molar-refractivity contribution in [3.05, 3.63) is 52.0 Å². The predicted octanol–water partition coefficient (Wildman–Crippen LogP) is 3.53. The second kappa shape index (κ2) is 5.35. The first-order valence-electron chi connectivity index (χ1n) is 6.16. The number of hydrogen-bond donors (Lipinski definition) is 1. The Morgan fingerprint density at radius 1 is 1.05 bits per heavy atom. The van der Waals surface area contributed by atoms with Crippen molar-refractivity contribution >= 4 is 28.9 Å². The number of aromatic nitrogens is 4. The van der Waals surface area contributed by atoms with Crippen molar-refractivity contribution in [3.8, 4) is 17.1 Å². The molecule has 0 unspecified atom stereocenters. The zero-order valence-corrected chi connectivity index (χ0v) is 12.6. The standard InChI is InChI=1S/C14H11Cl2N5/c1-8-4-10(15)2-3-13(8)21-14(18-19-20-21)9-5-11(16)7-12(17)6-9/h2-7H,17H2,1H3. The summed E-state index contributed by atoms with van der Waals surface area (Å²) in [5.74, 6) is 0.564. The number of aryl methyl sites for hydroxylation is 1. The second-order valence-corrected chi connectivity index (χ2v) is 5.49. The molecule has 0 aliphatic carbocycles. The maximum absolute atomic E-state index is 6.04. The number of halogens is 2. The van der Waals surface area contributed by atoms with E-state index in [-0.39, 0.29) is 0 Å². The summed E-state index contributed by atoms with van der Waals surface area (Å²) < 4.78 is 1.64. The largest absolute Gasteiger partial charge is 0.399 e. The van der Waals surface area contributed by atoms with E-state index in [0.29, 0.717) is 21.6 Å². The molecule has 0 saturated heterocycles. The topological polar surface area (TPSA) is 69.6 Å². The van der Waals surface area contributed by atoms with Gasteiger partial charge >= 0.3 is 0 Å². The maximum Gasteiger partial charge on any atom is 0.187 e. The average molecular weight is 320 g/mol. The number of benzene rings is 2. The Morgan fingerprint density at radius 2 is 1.86 bits per heavy atom. The minimum atomic E-state index is 0.535. The molecule has 0 spiro atoms. The fourth-order valence-corrected chi connectivity index (χ4v) is 2.60. The minimum absolute atomic E-state index is 0.535. The molecule has 5 nitrogen and oxygen atoms in total. The van der Waals surface area contributed by atoms with Crippen molar-refractivity contribution in [1.29, 1.82) is 0 Å². The number of nitrogen functional groups attached to an aromatic ring is 1. The van der Waals surface area contributed by atoms with Gasteiger partial charge in [-0.25, -0.2) is 0 Å². The van der Waals surface area contributed by atoms with Crippen molar-refractivity contribution in [2.45, 2.75) is 6.92 Å². The van der Waals surface area contributed by atoms with E-state index in [4.69, 9.17) is 28.9 Å². The summed E-state index contributed by atoms with van der Waals surface area (Å²) in [4.78, 5) is 0. The lowest BCUT2D eigenvalue weighted by Crippen LogP contribution is -2.02. The second-order valence-electron chi connectivity index (χ2n) is 4.62. The maximum atomic E-state index is 6.04. The summed E-state index contributed by atoms with van der Waals surface area (Å²) in [5.41, 5.74) is 8.94. The quantitative estimate of drug-likeness (QED) is 0.733. The van der Waals surface area contributed by atoms with E-state index in [1.54, 1.807) is 28.9 Å². The first kappa shape index (κ1) is 13.9. The van der Waals surface area contributed by atoms with Crippen LogP contribution in [0.3, 0.4) is 0 Å². The Morgan fingerprint density at radius 3 is 2.57 bits per heavy atom. The Balaban J connectivity index is 2.17. The number of rotatable bonds is 2. The van der Waals surface area contributed by atoms with Crippen LogP contribution in [-0.4, -0.2) is 20.2 Å². The van der Waals surface area contributed by atoms with E-state index in [9.17, 15) is 0 Å². The molecular formula is C14H11Cl2N5. The van der Waals surface area contributed by atoms with Gasteiger partial charge in [0.2, 0.25) is 0 Å². The summed E-state index contributed by atoms with van der Waals surface area (Å²) in [7, 11) is 0. The summed E-state index contributed by atoms with van der Waals surface area (Å²) in [6.07, 6.45) is 0. The van der Waals surface area contributed by atoms with Crippen LogP contribution in [0, 0.1) is 6.92 Å². The van der Waals surface area contributed by atoms with Gasteiger partial charge < -0.3 is 5.73 Å². The van der Waals surface area contributed by atoms with Crippen molar-refractivity contribution in [2.24, 2.45) is 0 Å². The van der Waals surface area contributed by atoms with Crippen LogP contribution >= 0.6 is 23.2 Å². The van der Waals surface area contributed by atoms with Crippen LogP contribution < -0.4 is 5.73 Å². The molecule has 3 aromatic rings. The van der Waals surface area contributed by atoms with E-state index in [0.717, 1.165) is 16.8 Å². The number of anilines is 1. The molecule has 0 radical (unpaired) electrons. The summed E-state index contributed by atoms with van der Waals surface area (Å²) in [6, 6.07) is 10.7. The van der Waals surface area contributed by atoms with Gasteiger partial charge in [0.25, 0.3) is 0 Å². The predicted molar refractivity (Wildman–Crippen MR) is 83.8 cm³/mol. The van der Waals surface area contributed by atoms with Crippen molar-refractivity contribution < 1.29 is 0 Å². The lowest BCUT2D eigenvalue weighted by Gasteiger charge is -2.09. The van der Waals surface area contributed by atoms with Gasteiger partial charge in [-0.15, -0.1) is 5.10 Å². The molecule has 0 atom stereocenters. The first-order valence-corrected chi connectivity index (χ1v) is 6.91. The van der Waals surface area contributed by atoms with Crippen LogP contribution in [0.25, 0.3) is 17.1 Å². The zero-order valence-electron chi connectivity index (χ0n) is 11.1. The molecule has 1 heterocycles. The molecule has 0 bridgehead atoms. The molecule has 2 N–H and O–H groups in total. The lowest BCUT2D eigenvalue weighted by molar-refractivity contribution is 0.787. The number of hydrogen-bond acceptors (Lipinski definition) is 4. The Kier molecular flexibility index (Phi) is 3.53. The number of nitrogens with two attached hydrogens (primary N) is 1. The van der Waals surface area contributed by atoms with E-state index < -0.39 is 0 Å². The minimum Gasteiger partial charge on any atom is -0.399 e. The fourth-order valence-electron chi connectivity index (χ4n) is 2.13.